The smallest absolute Gasteiger partial charge is 0.411 e. The fraction of sp³-hybridized carbons (Fsp3) is 0.458. The maximum Gasteiger partial charge on any atom is 0.411 e. The highest BCUT2D eigenvalue weighted by molar-refractivity contribution is 5.88. The molecule has 2 aromatic rings. The van der Waals surface area contributed by atoms with Crippen molar-refractivity contribution in [2.24, 2.45) is 0 Å². The van der Waals surface area contributed by atoms with Gasteiger partial charge in [-0.3, -0.25) is 4.90 Å². The second-order valence-electron chi connectivity index (χ2n) is 8.86. The van der Waals surface area contributed by atoms with Crippen LogP contribution >= 0.6 is 0 Å². The Morgan fingerprint density at radius 1 is 1.07 bits per heavy atom. The van der Waals surface area contributed by atoms with E-state index >= 15 is 0 Å². The number of nitrogens with zero attached hydrogens (tertiary/aromatic N) is 1. The molecule has 0 aliphatic carbocycles. The Hall–Kier alpha value is -2.49. The van der Waals surface area contributed by atoms with Crippen molar-refractivity contribution in [2.75, 3.05) is 7.11 Å². The molecular formula is C24H29NO3. The number of methoxy groups -OCH3 is 1. The molecule has 1 saturated heterocycles. The first-order valence-corrected chi connectivity index (χ1v) is 10.1. The molecule has 0 aromatic heterocycles. The largest absolute Gasteiger partial charge is 0.497 e. The van der Waals surface area contributed by atoms with E-state index in [0.717, 1.165) is 31.4 Å². The summed E-state index contributed by atoms with van der Waals surface area (Å²) >= 11 is 0. The summed E-state index contributed by atoms with van der Waals surface area (Å²) in [4.78, 5) is 14.7. The molecule has 2 atom stereocenters. The second-order valence-corrected chi connectivity index (χ2v) is 8.86. The van der Waals surface area contributed by atoms with Crippen LogP contribution in [0.2, 0.25) is 0 Å². The van der Waals surface area contributed by atoms with Crippen LogP contribution < -0.4 is 4.74 Å². The fourth-order valence-corrected chi connectivity index (χ4v) is 4.39. The highest BCUT2D eigenvalue weighted by atomic mass is 16.6. The Morgan fingerprint density at radius 3 is 2.54 bits per heavy atom. The van der Waals surface area contributed by atoms with E-state index in [1.807, 2.05) is 31.7 Å². The maximum atomic E-state index is 12.8. The minimum atomic E-state index is -0.464. The number of piperidine rings is 1. The molecule has 4 heteroatoms. The quantitative estimate of drug-likeness (QED) is 0.662. The topological polar surface area (TPSA) is 38.8 Å². The third kappa shape index (κ3) is 3.73. The molecule has 0 saturated carbocycles. The summed E-state index contributed by atoms with van der Waals surface area (Å²) in [6, 6.07) is 13.1. The van der Waals surface area contributed by atoms with Crippen LogP contribution in [0.4, 0.5) is 4.79 Å². The lowest BCUT2D eigenvalue weighted by atomic mass is 9.83. The number of hydrogen-bond donors (Lipinski definition) is 0. The highest BCUT2D eigenvalue weighted by Crippen LogP contribution is 2.38. The van der Waals surface area contributed by atoms with Crippen LogP contribution in [0.3, 0.4) is 0 Å². The van der Waals surface area contributed by atoms with Gasteiger partial charge in [-0.25, -0.2) is 4.79 Å². The van der Waals surface area contributed by atoms with E-state index in [0.29, 0.717) is 0 Å². The molecule has 4 nitrogen and oxygen atoms in total. The summed E-state index contributed by atoms with van der Waals surface area (Å²) < 4.78 is 11.0. The van der Waals surface area contributed by atoms with Crippen LogP contribution in [0.25, 0.3) is 16.3 Å². The zero-order valence-corrected chi connectivity index (χ0v) is 17.2. The Bertz CT molecular complexity index is 925. The summed E-state index contributed by atoms with van der Waals surface area (Å²) in [5.74, 6) is 0.875. The SMILES string of the molecule is COc1ccc2cc(C3=CC4CCCC(C3)N4C(=O)OC(C)(C)C)ccc2c1. The number of ether oxygens (including phenoxy) is 2. The highest BCUT2D eigenvalue weighted by Gasteiger charge is 2.39. The van der Waals surface area contributed by atoms with Crippen LogP contribution in [-0.4, -0.2) is 35.8 Å². The van der Waals surface area contributed by atoms with Crippen LogP contribution in [-0.2, 0) is 4.74 Å². The Morgan fingerprint density at radius 2 is 1.82 bits per heavy atom. The number of rotatable bonds is 2. The number of fused-ring (bicyclic) bond motifs is 3. The zero-order chi connectivity index (χ0) is 19.9. The van der Waals surface area contributed by atoms with Crippen molar-refractivity contribution in [3.63, 3.8) is 0 Å². The predicted octanol–water partition coefficient (Wildman–Crippen LogP) is 5.79. The summed E-state index contributed by atoms with van der Waals surface area (Å²) in [5, 5.41) is 2.38. The van der Waals surface area contributed by atoms with Gasteiger partial charge in [0.25, 0.3) is 0 Å². The van der Waals surface area contributed by atoms with E-state index in [2.05, 4.69) is 36.4 Å². The molecule has 2 aliphatic heterocycles. The average Bonchev–Trinajstić information content (AvgIpc) is 2.64. The van der Waals surface area contributed by atoms with Gasteiger partial charge < -0.3 is 9.47 Å². The van der Waals surface area contributed by atoms with Gasteiger partial charge in [-0.1, -0.05) is 24.3 Å². The molecule has 2 aromatic carbocycles. The van der Waals surface area contributed by atoms with Gasteiger partial charge in [-0.15, -0.1) is 0 Å². The van der Waals surface area contributed by atoms with Crippen molar-refractivity contribution < 1.29 is 14.3 Å². The number of amides is 1. The molecule has 148 valence electrons. The van der Waals surface area contributed by atoms with Crippen molar-refractivity contribution in [2.45, 2.75) is 64.1 Å². The lowest BCUT2D eigenvalue weighted by Crippen LogP contribution is -2.53. The first-order valence-electron chi connectivity index (χ1n) is 10.1. The molecule has 0 N–H and O–H groups in total. The molecule has 2 unspecified atom stereocenters. The van der Waals surface area contributed by atoms with Crippen molar-refractivity contribution >= 4 is 22.4 Å². The summed E-state index contributed by atoms with van der Waals surface area (Å²) in [5.41, 5.74) is 2.13. The first-order chi connectivity index (χ1) is 13.3. The molecule has 2 heterocycles. The first kappa shape index (κ1) is 18.9. The Labute approximate surface area is 167 Å². The van der Waals surface area contributed by atoms with E-state index in [-0.39, 0.29) is 18.2 Å². The maximum absolute atomic E-state index is 12.8. The van der Waals surface area contributed by atoms with Crippen molar-refractivity contribution in [3.8, 4) is 5.75 Å². The van der Waals surface area contributed by atoms with Crippen LogP contribution in [0.1, 0.15) is 52.0 Å². The van der Waals surface area contributed by atoms with Gasteiger partial charge in [-0.2, -0.15) is 0 Å². The molecule has 4 rings (SSSR count). The number of carbonyl (C=O) groups excluding carboxylic acids is 1. The molecule has 0 spiro atoms. The molecule has 1 amide bonds. The molecular weight excluding hydrogens is 350 g/mol. The lowest BCUT2D eigenvalue weighted by molar-refractivity contribution is 0.0000852. The second kappa shape index (κ2) is 7.16. The number of hydrogen-bond acceptors (Lipinski definition) is 3. The minimum absolute atomic E-state index is 0.129. The molecule has 0 radical (unpaired) electrons. The third-order valence-electron chi connectivity index (χ3n) is 5.66. The summed E-state index contributed by atoms with van der Waals surface area (Å²) in [6.07, 6.45) is 6.20. The van der Waals surface area contributed by atoms with Gasteiger partial charge in [0.2, 0.25) is 0 Å². The standard InChI is InChI=1S/C24H29NO3/c1-24(2,3)28-23(26)25-20-6-5-7-21(25)14-19(13-20)17-8-9-18-15-22(27-4)11-10-16(18)12-17/h8-13,15,20-21H,5-7,14H2,1-4H3. The normalized spacial score (nSPS) is 22.0. The third-order valence-corrected chi connectivity index (χ3v) is 5.66. The Kier molecular flexibility index (Phi) is 4.82. The molecule has 2 aliphatic rings. The van der Waals surface area contributed by atoms with Crippen molar-refractivity contribution in [1.82, 2.24) is 4.90 Å². The minimum Gasteiger partial charge on any atom is -0.497 e. The van der Waals surface area contributed by atoms with Crippen LogP contribution in [0, 0.1) is 0 Å². The van der Waals surface area contributed by atoms with E-state index in [1.165, 1.54) is 21.9 Å². The van der Waals surface area contributed by atoms with Gasteiger partial charge in [0, 0.05) is 6.04 Å². The van der Waals surface area contributed by atoms with E-state index in [9.17, 15) is 4.79 Å². The van der Waals surface area contributed by atoms with E-state index in [1.54, 1.807) is 7.11 Å². The van der Waals surface area contributed by atoms with Gasteiger partial charge in [0.1, 0.15) is 11.4 Å². The van der Waals surface area contributed by atoms with Gasteiger partial charge >= 0.3 is 6.09 Å². The Balaban J connectivity index is 1.63. The zero-order valence-electron chi connectivity index (χ0n) is 17.2. The lowest BCUT2D eigenvalue weighted by Gasteiger charge is -2.45. The van der Waals surface area contributed by atoms with Crippen LogP contribution in [0.15, 0.2) is 42.5 Å². The monoisotopic (exact) mass is 379 g/mol. The molecule has 2 bridgehead atoms. The van der Waals surface area contributed by atoms with E-state index < -0.39 is 5.60 Å². The van der Waals surface area contributed by atoms with Crippen LogP contribution in [0.5, 0.6) is 5.75 Å². The number of carbonyl (C=O) groups is 1. The molecule has 28 heavy (non-hydrogen) atoms. The number of benzene rings is 2. The van der Waals surface area contributed by atoms with Gasteiger partial charge in [-0.05, 0) is 86.6 Å². The fourth-order valence-electron chi connectivity index (χ4n) is 4.39. The summed E-state index contributed by atoms with van der Waals surface area (Å²) in [7, 11) is 1.69. The van der Waals surface area contributed by atoms with Gasteiger partial charge in [0.05, 0.1) is 13.2 Å². The summed E-state index contributed by atoms with van der Waals surface area (Å²) in [6.45, 7) is 5.78. The average molecular weight is 380 g/mol. The predicted molar refractivity (Wildman–Crippen MR) is 113 cm³/mol. The van der Waals surface area contributed by atoms with Gasteiger partial charge in [0.15, 0.2) is 0 Å². The molecule has 1 fully saturated rings. The van der Waals surface area contributed by atoms with E-state index in [4.69, 9.17) is 9.47 Å². The van der Waals surface area contributed by atoms with Crippen molar-refractivity contribution in [1.29, 1.82) is 0 Å². The van der Waals surface area contributed by atoms with Crippen molar-refractivity contribution in [3.05, 3.63) is 48.0 Å².